The van der Waals surface area contributed by atoms with E-state index in [2.05, 4.69) is 48.9 Å². The van der Waals surface area contributed by atoms with Crippen molar-refractivity contribution >= 4 is 11.5 Å². The largest absolute Gasteiger partial charge is 0.375 e. The van der Waals surface area contributed by atoms with Gasteiger partial charge in [-0.05, 0) is 61.8 Å². The zero-order chi connectivity index (χ0) is 19.7. The minimum atomic E-state index is -0.260. The molecule has 150 valence electrons. The van der Waals surface area contributed by atoms with Crippen molar-refractivity contribution in [2.24, 2.45) is 11.7 Å². The van der Waals surface area contributed by atoms with E-state index < -0.39 is 0 Å². The lowest BCUT2D eigenvalue weighted by Crippen LogP contribution is -2.50. The maximum Gasteiger partial charge on any atom is 0.221 e. The van der Waals surface area contributed by atoms with E-state index >= 15 is 0 Å². The van der Waals surface area contributed by atoms with Gasteiger partial charge in [0, 0.05) is 25.1 Å². The highest BCUT2D eigenvalue weighted by atomic mass is 16.5. The number of likely N-dealkylation sites (N-methyl/N-ethyl adjacent to an activating group) is 1. The number of nitrogens with two attached hydrogens (primary N) is 1. The topological polar surface area (TPSA) is 55.6 Å². The van der Waals surface area contributed by atoms with E-state index in [1.807, 2.05) is 6.08 Å². The monoisotopic (exact) mass is 380 g/mol. The van der Waals surface area contributed by atoms with Gasteiger partial charge < -0.3 is 10.5 Å². The van der Waals surface area contributed by atoms with Crippen LogP contribution >= 0.6 is 0 Å². The average molecular weight is 381 g/mol. The van der Waals surface area contributed by atoms with Crippen molar-refractivity contribution in [3.63, 3.8) is 0 Å². The summed E-state index contributed by atoms with van der Waals surface area (Å²) in [5.41, 5.74) is 9.24. The van der Waals surface area contributed by atoms with Crippen LogP contribution in [0.25, 0.3) is 5.57 Å². The quantitative estimate of drug-likeness (QED) is 0.762. The molecule has 4 heteroatoms. The van der Waals surface area contributed by atoms with Crippen molar-refractivity contribution in [1.82, 2.24) is 4.90 Å². The molecule has 0 aromatic heterocycles. The number of benzene rings is 1. The van der Waals surface area contributed by atoms with Gasteiger partial charge in [-0.25, -0.2) is 0 Å². The van der Waals surface area contributed by atoms with Crippen molar-refractivity contribution in [2.75, 3.05) is 20.2 Å². The van der Waals surface area contributed by atoms with Gasteiger partial charge in [0.05, 0.1) is 12.0 Å². The summed E-state index contributed by atoms with van der Waals surface area (Å²) in [7, 11) is 2.21. The molecule has 4 unspecified atom stereocenters. The minimum absolute atomic E-state index is 0.0640. The minimum Gasteiger partial charge on any atom is -0.375 e. The highest BCUT2D eigenvalue weighted by Crippen LogP contribution is 2.51. The first-order valence-electron chi connectivity index (χ1n) is 10.6. The van der Waals surface area contributed by atoms with Crippen molar-refractivity contribution in [2.45, 2.75) is 56.1 Å². The van der Waals surface area contributed by atoms with E-state index in [1.54, 1.807) is 0 Å². The first kappa shape index (κ1) is 19.4. The first-order chi connectivity index (χ1) is 13.5. The Labute approximate surface area is 168 Å². The molecule has 1 heterocycles. The Kier molecular flexibility index (Phi) is 5.44. The van der Waals surface area contributed by atoms with Gasteiger partial charge in [-0.3, -0.25) is 9.69 Å². The Bertz CT molecular complexity index is 779. The Morgan fingerprint density at radius 3 is 2.93 bits per heavy atom. The number of carbonyl (C=O) groups excluding carboxylic acids is 1. The predicted molar refractivity (Wildman–Crippen MR) is 113 cm³/mol. The Morgan fingerprint density at radius 2 is 2.21 bits per heavy atom. The number of hydrogen-bond acceptors (Lipinski definition) is 3. The lowest BCUT2D eigenvalue weighted by Gasteiger charge is -2.47. The summed E-state index contributed by atoms with van der Waals surface area (Å²) in [5.74, 6) is 0.580. The first-order valence-corrected chi connectivity index (χ1v) is 10.6. The summed E-state index contributed by atoms with van der Waals surface area (Å²) in [6.45, 7) is 5.73. The average Bonchev–Trinajstić information content (AvgIpc) is 3.27. The van der Waals surface area contributed by atoms with Crippen LogP contribution in [0.3, 0.4) is 0 Å². The van der Waals surface area contributed by atoms with Crippen LogP contribution in [0.2, 0.25) is 0 Å². The van der Waals surface area contributed by atoms with Crippen LogP contribution in [0.4, 0.5) is 0 Å². The number of nitrogens with zero attached hydrogens (tertiary/aromatic N) is 1. The fourth-order valence-corrected chi connectivity index (χ4v) is 5.78. The lowest BCUT2D eigenvalue weighted by atomic mass is 9.68. The molecule has 1 saturated carbocycles. The number of fused-ring (bicyclic) bond motifs is 1. The van der Waals surface area contributed by atoms with Gasteiger partial charge in [-0.1, -0.05) is 36.4 Å². The molecule has 2 aliphatic carbocycles. The zero-order valence-electron chi connectivity index (χ0n) is 16.9. The van der Waals surface area contributed by atoms with Gasteiger partial charge in [-0.15, -0.1) is 6.58 Å². The van der Waals surface area contributed by atoms with E-state index in [4.69, 9.17) is 10.5 Å². The molecular formula is C24H32N2O2. The number of carbonyl (C=O) groups is 1. The van der Waals surface area contributed by atoms with Crippen LogP contribution in [-0.2, 0) is 9.53 Å². The summed E-state index contributed by atoms with van der Waals surface area (Å²) in [5, 5.41) is 0. The van der Waals surface area contributed by atoms with Gasteiger partial charge in [0.25, 0.3) is 0 Å². The molecule has 1 aromatic carbocycles. The molecule has 28 heavy (non-hydrogen) atoms. The van der Waals surface area contributed by atoms with Gasteiger partial charge >= 0.3 is 0 Å². The second kappa shape index (κ2) is 7.84. The fourth-order valence-electron chi connectivity index (χ4n) is 5.78. The summed E-state index contributed by atoms with van der Waals surface area (Å²) in [6, 6.07) is 8.97. The molecule has 1 amide bonds. The number of amides is 1. The molecule has 3 aliphatic rings. The van der Waals surface area contributed by atoms with Crippen molar-refractivity contribution in [3.05, 3.63) is 54.1 Å². The van der Waals surface area contributed by atoms with E-state index in [9.17, 15) is 4.79 Å². The van der Waals surface area contributed by atoms with E-state index in [0.717, 1.165) is 38.0 Å². The van der Waals surface area contributed by atoms with Crippen LogP contribution in [0.1, 0.15) is 55.6 Å². The van der Waals surface area contributed by atoms with E-state index in [-0.39, 0.29) is 11.5 Å². The van der Waals surface area contributed by atoms with Gasteiger partial charge in [0.1, 0.15) is 0 Å². The summed E-state index contributed by atoms with van der Waals surface area (Å²) in [6.07, 6.45) is 10.4. The van der Waals surface area contributed by atoms with Crippen LogP contribution < -0.4 is 5.73 Å². The highest BCUT2D eigenvalue weighted by Gasteiger charge is 2.47. The molecule has 2 N–H and O–H groups in total. The maximum absolute atomic E-state index is 11.6. The second-order valence-corrected chi connectivity index (χ2v) is 8.79. The zero-order valence-corrected chi connectivity index (χ0v) is 16.9. The third kappa shape index (κ3) is 3.56. The molecule has 1 saturated heterocycles. The molecule has 2 fully saturated rings. The van der Waals surface area contributed by atoms with Crippen molar-refractivity contribution in [3.8, 4) is 0 Å². The fraction of sp³-hybridized carbons (Fsp3) is 0.542. The normalized spacial score (nSPS) is 31.8. The number of ether oxygens (including phenoxy) is 1. The number of primary amides is 1. The number of allylic oxidation sites excluding steroid dienone is 1. The maximum atomic E-state index is 11.6. The van der Waals surface area contributed by atoms with Crippen LogP contribution in [0.5, 0.6) is 0 Å². The Hall–Kier alpha value is -1.91. The molecule has 4 nitrogen and oxygen atoms in total. The predicted octanol–water partition coefficient (Wildman–Crippen LogP) is 3.88. The van der Waals surface area contributed by atoms with Crippen molar-refractivity contribution < 1.29 is 9.53 Å². The molecule has 0 bridgehead atoms. The lowest BCUT2D eigenvalue weighted by molar-refractivity contribution is -0.117. The van der Waals surface area contributed by atoms with Crippen LogP contribution in [0, 0.1) is 5.92 Å². The van der Waals surface area contributed by atoms with Crippen molar-refractivity contribution in [1.29, 1.82) is 0 Å². The summed E-state index contributed by atoms with van der Waals surface area (Å²) >= 11 is 0. The molecule has 1 spiro atoms. The molecule has 4 atom stereocenters. The third-order valence-corrected chi connectivity index (χ3v) is 7.05. The Balaban J connectivity index is 1.66. The number of hydrogen-bond donors (Lipinski definition) is 1. The van der Waals surface area contributed by atoms with Gasteiger partial charge in [0.2, 0.25) is 5.91 Å². The van der Waals surface area contributed by atoms with Gasteiger partial charge in [0.15, 0.2) is 0 Å². The van der Waals surface area contributed by atoms with Crippen LogP contribution in [0.15, 0.2) is 43.0 Å². The molecule has 1 aliphatic heterocycles. The summed E-state index contributed by atoms with van der Waals surface area (Å²) < 4.78 is 6.27. The smallest absolute Gasteiger partial charge is 0.221 e. The molecule has 1 aromatic rings. The molecule has 0 radical (unpaired) electrons. The highest BCUT2D eigenvalue weighted by molar-refractivity contribution is 5.90. The number of rotatable bonds is 6. The van der Waals surface area contributed by atoms with Crippen LogP contribution in [-0.4, -0.2) is 42.6 Å². The van der Waals surface area contributed by atoms with E-state index in [1.165, 1.54) is 24.0 Å². The summed E-state index contributed by atoms with van der Waals surface area (Å²) in [4.78, 5) is 14.1. The standard InChI is InChI=1S/C24H32N2O2/c1-3-12-26(2)22-16-24(10-6-13-28-24)11-9-20(22)21-14-17(15-23(25)27)18-7-4-5-8-19(18)21/h3-5,7-8,14,20-22H,1,6,9-13,15-16H2,2H3,(H2,25,27). The SMILES string of the molecule is C=CCN(C)C1CC2(CCCO2)CCC1C1C=C(CC(N)=O)c2ccccc21. The second-order valence-electron chi connectivity index (χ2n) is 8.79. The van der Waals surface area contributed by atoms with E-state index in [0.29, 0.717) is 24.3 Å². The molecular weight excluding hydrogens is 348 g/mol. The Morgan fingerprint density at radius 1 is 1.39 bits per heavy atom. The molecule has 4 rings (SSSR count). The third-order valence-electron chi connectivity index (χ3n) is 7.05. The van der Waals surface area contributed by atoms with Gasteiger partial charge in [-0.2, -0.15) is 0 Å².